The van der Waals surface area contributed by atoms with E-state index in [1.807, 2.05) is 4.90 Å². The molecule has 1 amide bonds. The van der Waals surface area contributed by atoms with E-state index in [9.17, 15) is 18.0 Å². The van der Waals surface area contributed by atoms with Crippen molar-refractivity contribution in [1.82, 2.24) is 25.1 Å². The largest absolute Gasteiger partial charge is 0.416 e. The Labute approximate surface area is 141 Å². The number of carbonyl (C=O) groups is 1. The van der Waals surface area contributed by atoms with Gasteiger partial charge in [-0.15, -0.1) is 5.10 Å². The molecule has 25 heavy (non-hydrogen) atoms. The average molecular weight is 354 g/mol. The van der Waals surface area contributed by atoms with Crippen LogP contribution in [0.3, 0.4) is 0 Å². The second-order valence-electron chi connectivity index (χ2n) is 5.92. The number of carbonyl (C=O) groups excluding carboxylic acids is 1. The van der Waals surface area contributed by atoms with Gasteiger partial charge in [-0.1, -0.05) is 6.07 Å². The molecule has 1 fully saturated rings. The van der Waals surface area contributed by atoms with Gasteiger partial charge >= 0.3 is 6.18 Å². The van der Waals surface area contributed by atoms with Crippen LogP contribution < -0.4 is 5.32 Å². The maximum absolute atomic E-state index is 12.7. The van der Waals surface area contributed by atoms with Gasteiger partial charge in [0.15, 0.2) is 0 Å². The number of alkyl halides is 3. The lowest BCUT2D eigenvalue weighted by Gasteiger charge is -2.30. The van der Waals surface area contributed by atoms with Gasteiger partial charge in [-0.05, 0) is 41.5 Å². The molecule has 1 aromatic carbocycles. The van der Waals surface area contributed by atoms with Crippen LogP contribution >= 0.6 is 0 Å². The third kappa shape index (κ3) is 4.53. The Kier molecular flexibility index (Phi) is 4.98. The number of nitrogens with zero attached hydrogens (tertiary/aromatic N) is 5. The van der Waals surface area contributed by atoms with Crippen LogP contribution in [-0.4, -0.2) is 50.6 Å². The van der Waals surface area contributed by atoms with E-state index in [-0.39, 0.29) is 24.2 Å². The van der Waals surface area contributed by atoms with E-state index in [1.54, 1.807) is 11.0 Å². The zero-order valence-corrected chi connectivity index (χ0v) is 13.3. The second kappa shape index (κ2) is 7.18. The predicted molar refractivity (Wildman–Crippen MR) is 82.6 cm³/mol. The molecule has 2 heterocycles. The molecule has 0 unspecified atom stereocenters. The zero-order chi connectivity index (χ0) is 17.9. The highest BCUT2D eigenvalue weighted by Gasteiger charge is 2.30. The molecule has 10 heteroatoms. The molecule has 134 valence electrons. The number of piperidine rings is 1. The molecule has 3 rings (SSSR count). The van der Waals surface area contributed by atoms with Gasteiger partial charge in [0, 0.05) is 18.8 Å². The third-order valence-corrected chi connectivity index (χ3v) is 4.14. The molecule has 1 aliphatic rings. The first-order chi connectivity index (χ1) is 11.9. The van der Waals surface area contributed by atoms with Gasteiger partial charge in [0.25, 0.3) is 0 Å². The first kappa shape index (κ1) is 17.3. The number of likely N-dealkylation sites (tertiary alicyclic amines) is 1. The summed E-state index contributed by atoms with van der Waals surface area (Å²) in [5.41, 5.74) is -0.643. The van der Waals surface area contributed by atoms with Crippen LogP contribution in [0.5, 0.6) is 0 Å². The molecule has 7 nitrogen and oxygen atoms in total. The quantitative estimate of drug-likeness (QED) is 0.908. The molecule has 1 aliphatic heterocycles. The molecule has 0 saturated carbocycles. The number of anilines is 1. The van der Waals surface area contributed by atoms with Gasteiger partial charge in [-0.3, -0.25) is 9.69 Å². The highest BCUT2D eigenvalue weighted by molar-refractivity contribution is 5.92. The number of aromatic nitrogens is 4. The Morgan fingerprint density at radius 3 is 2.68 bits per heavy atom. The van der Waals surface area contributed by atoms with Crippen LogP contribution in [0.25, 0.3) is 0 Å². The Morgan fingerprint density at radius 2 is 2.04 bits per heavy atom. The number of halogens is 3. The Balaban J connectivity index is 1.50. The van der Waals surface area contributed by atoms with Crippen molar-refractivity contribution in [3.05, 3.63) is 36.2 Å². The minimum Gasteiger partial charge on any atom is -0.325 e. The number of benzene rings is 1. The van der Waals surface area contributed by atoms with Crippen LogP contribution in [0.4, 0.5) is 18.9 Å². The Hall–Kier alpha value is -2.49. The maximum Gasteiger partial charge on any atom is 0.416 e. The molecular weight excluding hydrogens is 337 g/mol. The lowest BCUT2D eigenvalue weighted by Crippen LogP contribution is -2.39. The molecule has 0 aliphatic carbocycles. The average Bonchev–Trinajstić information content (AvgIpc) is 3.09. The second-order valence-corrected chi connectivity index (χ2v) is 5.92. The summed E-state index contributed by atoms with van der Waals surface area (Å²) in [6.07, 6.45) is -1.25. The van der Waals surface area contributed by atoms with Gasteiger partial charge in [0.05, 0.1) is 18.2 Å². The SMILES string of the molecule is O=C(CN1CCC(n2cnnn2)CC1)Nc1cccc(C(F)(F)F)c1. The highest BCUT2D eigenvalue weighted by Crippen LogP contribution is 2.30. The Morgan fingerprint density at radius 1 is 1.28 bits per heavy atom. The lowest BCUT2D eigenvalue weighted by molar-refractivity contribution is -0.137. The summed E-state index contributed by atoms with van der Waals surface area (Å²) in [4.78, 5) is 14.0. The van der Waals surface area contributed by atoms with Gasteiger partial charge in [0.2, 0.25) is 5.91 Å². The number of tetrazole rings is 1. The molecular formula is C15H17F3N6O. The van der Waals surface area contributed by atoms with Crippen molar-refractivity contribution in [2.24, 2.45) is 0 Å². The van der Waals surface area contributed by atoms with Crippen molar-refractivity contribution in [2.75, 3.05) is 25.0 Å². The smallest absolute Gasteiger partial charge is 0.325 e. The van der Waals surface area contributed by atoms with E-state index in [0.29, 0.717) is 13.1 Å². The number of rotatable bonds is 4. The molecule has 0 bridgehead atoms. The minimum atomic E-state index is -4.43. The molecule has 1 aromatic heterocycles. The molecule has 2 aromatic rings. The Bertz CT molecular complexity index is 710. The normalized spacial score (nSPS) is 16.8. The van der Waals surface area contributed by atoms with E-state index >= 15 is 0 Å². The van der Waals surface area contributed by atoms with Gasteiger partial charge in [-0.25, -0.2) is 4.68 Å². The summed E-state index contributed by atoms with van der Waals surface area (Å²) >= 11 is 0. The fourth-order valence-corrected chi connectivity index (χ4v) is 2.85. The number of hydrogen-bond donors (Lipinski definition) is 1. The first-order valence-corrected chi connectivity index (χ1v) is 7.84. The van der Waals surface area contributed by atoms with Crippen LogP contribution in [-0.2, 0) is 11.0 Å². The predicted octanol–water partition coefficient (Wildman–Crippen LogP) is 1.97. The molecule has 0 spiro atoms. The first-order valence-electron chi connectivity index (χ1n) is 7.84. The maximum atomic E-state index is 12.7. The van der Waals surface area contributed by atoms with Crippen molar-refractivity contribution in [3.63, 3.8) is 0 Å². The minimum absolute atomic E-state index is 0.137. The molecule has 1 saturated heterocycles. The molecule has 0 radical (unpaired) electrons. The fourth-order valence-electron chi connectivity index (χ4n) is 2.85. The summed E-state index contributed by atoms with van der Waals surface area (Å²) in [6.45, 7) is 1.53. The van der Waals surface area contributed by atoms with E-state index in [4.69, 9.17) is 0 Å². The van der Waals surface area contributed by atoms with Crippen LogP contribution in [0.15, 0.2) is 30.6 Å². The third-order valence-electron chi connectivity index (χ3n) is 4.14. The number of hydrogen-bond acceptors (Lipinski definition) is 5. The zero-order valence-electron chi connectivity index (χ0n) is 13.3. The summed E-state index contributed by atoms with van der Waals surface area (Å²) < 4.78 is 39.8. The number of nitrogens with one attached hydrogen (secondary N) is 1. The fraction of sp³-hybridized carbons (Fsp3) is 0.467. The van der Waals surface area contributed by atoms with Crippen molar-refractivity contribution in [1.29, 1.82) is 0 Å². The number of amides is 1. The standard InChI is InChI=1S/C15H17F3N6O/c16-15(17,18)11-2-1-3-12(8-11)20-14(25)9-23-6-4-13(5-7-23)24-10-19-21-22-24/h1-3,8,10,13H,4-7,9H2,(H,20,25). The van der Waals surface area contributed by atoms with Crippen molar-refractivity contribution in [3.8, 4) is 0 Å². The molecule has 1 N–H and O–H groups in total. The topological polar surface area (TPSA) is 75.9 Å². The van der Waals surface area contributed by atoms with E-state index in [0.717, 1.165) is 25.0 Å². The summed E-state index contributed by atoms with van der Waals surface area (Å²) in [5.74, 6) is -0.333. The molecule has 0 atom stereocenters. The summed E-state index contributed by atoms with van der Waals surface area (Å²) in [5, 5.41) is 13.6. The van der Waals surface area contributed by atoms with E-state index in [1.165, 1.54) is 12.1 Å². The van der Waals surface area contributed by atoms with Gasteiger partial charge < -0.3 is 5.32 Å². The van der Waals surface area contributed by atoms with Gasteiger partial charge in [-0.2, -0.15) is 13.2 Å². The summed E-state index contributed by atoms with van der Waals surface area (Å²) in [6, 6.07) is 4.83. The van der Waals surface area contributed by atoms with Gasteiger partial charge in [0.1, 0.15) is 6.33 Å². The van der Waals surface area contributed by atoms with E-state index in [2.05, 4.69) is 20.8 Å². The van der Waals surface area contributed by atoms with Crippen molar-refractivity contribution >= 4 is 11.6 Å². The highest BCUT2D eigenvalue weighted by atomic mass is 19.4. The van der Waals surface area contributed by atoms with Crippen molar-refractivity contribution < 1.29 is 18.0 Å². The van der Waals surface area contributed by atoms with E-state index < -0.39 is 11.7 Å². The summed E-state index contributed by atoms with van der Waals surface area (Å²) in [7, 11) is 0. The monoisotopic (exact) mass is 354 g/mol. The van der Waals surface area contributed by atoms with Crippen LogP contribution in [0.2, 0.25) is 0 Å². The lowest BCUT2D eigenvalue weighted by atomic mass is 10.1. The van der Waals surface area contributed by atoms with Crippen LogP contribution in [0.1, 0.15) is 24.4 Å². The van der Waals surface area contributed by atoms with Crippen molar-refractivity contribution in [2.45, 2.75) is 25.1 Å². The van der Waals surface area contributed by atoms with Crippen LogP contribution in [0, 0.1) is 0 Å².